The first-order valence-electron chi connectivity index (χ1n) is 7.68. The monoisotopic (exact) mass is 316 g/mol. The molecule has 5 heteroatoms. The molecule has 5 nitrogen and oxygen atoms in total. The molecule has 24 heavy (non-hydrogen) atoms. The van der Waals surface area contributed by atoms with Gasteiger partial charge in [-0.05, 0) is 48.5 Å². The lowest BCUT2D eigenvalue weighted by Gasteiger charge is -2.06. The number of aromatic amines is 1. The third-order valence-electron chi connectivity index (χ3n) is 3.98. The molecule has 2 aromatic heterocycles. The molecule has 0 atom stereocenters. The second-order valence-electron chi connectivity index (χ2n) is 5.64. The van der Waals surface area contributed by atoms with Crippen LogP contribution in [0.1, 0.15) is 10.5 Å². The lowest BCUT2D eigenvalue weighted by Crippen LogP contribution is -2.15. The number of hydrogen-bond donors (Lipinski definition) is 2. The van der Waals surface area contributed by atoms with Crippen molar-refractivity contribution in [3.63, 3.8) is 0 Å². The highest BCUT2D eigenvalue weighted by Gasteiger charge is 2.09. The maximum absolute atomic E-state index is 12.2. The van der Waals surface area contributed by atoms with Crippen LogP contribution in [-0.4, -0.2) is 20.4 Å². The molecule has 1 amide bonds. The second-order valence-corrected chi connectivity index (χ2v) is 5.64. The molecule has 0 unspecified atom stereocenters. The van der Waals surface area contributed by atoms with Gasteiger partial charge in [-0.25, -0.2) is 4.98 Å². The first kappa shape index (κ1) is 14.3. The van der Waals surface area contributed by atoms with E-state index in [-0.39, 0.29) is 5.91 Å². The maximum atomic E-state index is 12.2. The van der Waals surface area contributed by atoms with Gasteiger partial charge in [0.25, 0.3) is 5.91 Å². The van der Waals surface area contributed by atoms with E-state index in [1.165, 1.54) is 0 Å². The summed E-state index contributed by atoms with van der Waals surface area (Å²) < 4.78 is 1.79. The number of aryl methyl sites for hydroxylation is 1. The smallest absolute Gasteiger partial charge is 0.272 e. The molecule has 0 saturated carbocycles. The first-order valence-corrected chi connectivity index (χ1v) is 7.68. The van der Waals surface area contributed by atoms with E-state index in [1.54, 1.807) is 10.6 Å². The van der Waals surface area contributed by atoms with Gasteiger partial charge in [0, 0.05) is 24.5 Å². The fraction of sp³-hybridized carbons (Fsp3) is 0.0526. The van der Waals surface area contributed by atoms with Gasteiger partial charge in [0.1, 0.15) is 11.5 Å². The average Bonchev–Trinajstić information content (AvgIpc) is 3.21. The van der Waals surface area contributed by atoms with Crippen molar-refractivity contribution in [3.05, 3.63) is 72.6 Å². The van der Waals surface area contributed by atoms with Crippen molar-refractivity contribution in [1.82, 2.24) is 14.5 Å². The highest BCUT2D eigenvalue weighted by molar-refractivity contribution is 6.03. The van der Waals surface area contributed by atoms with Crippen LogP contribution in [0, 0.1) is 0 Å². The van der Waals surface area contributed by atoms with Gasteiger partial charge < -0.3 is 14.9 Å². The molecule has 118 valence electrons. The number of benzene rings is 2. The lowest BCUT2D eigenvalue weighted by atomic mass is 10.2. The molecule has 0 saturated heterocycles. The first-order chi connectivity index (χ1) is 11.7. The topological polar surface area (TPSA) is 62.7 Å². The van der Waals surface area contributed by atoms with E-state index in [1.807, 2.05) is 67.8 Å². The number of nitrogens with zero attached hydrogens (tertiary/aromatic N) is 2. The minimum Gasteiger partial charge on any atom is -0.347 e. The van der Waals surface area contributed by atoms with Gasteiger partial charge in [-0.15, -0.1) is 0 Å². The molecular formula is C19H16N4O. The molecule has 0 radical (unpaired) electrons. The fourth-order valence-corrected chi connectivity index (χ4v) is 2.69. The van der Waals surface area contributed by atoms with Gasteiger partial charge in [0.05, 0.1) is 11.0 Å². The minimum atomic E-state index is -0.126. The van der Waals surface area contributed by atoms with Crippen LogP contribution >= 0.6 is 0 Å². The number of fused-ring (bicyclic) bond motifs is 1. The van der Waals surface area contributed by atoms with Crippen LogP contribution in [0.15, 0.2) is 66.9 Å². The Morgan fingerprint density at radius 2 is 1.83 bits per heavy atom. The largest absolute Gasteiger partial charge is 0.347 e. The highest BCUT2D eigenvalue weighted by Crippen LogP contribution is 2.22. The minimum absolute atomic E-state index is 0.126. The third kappa shape index (κ3) is 2.56. The number of H-pyrrole nitrogens is 1. The summed E-state index contributed by atoms with van der Waals surface area (Å²) in [6, 6.07) is 19.2. The Kier molecular flexibility index (Phi) is 3.39. The summed E-state index contributed by atoms with van der Waals surface area (Å²) in [5.41, 5.74) is 4.29. The SMILES string of the molecule is Cn1cccc1C(=O)Nc1ccc(-c2nc3ccccc3[nH]2)cc1. The van der Waals surface area contributed by atoms with Crippen LogP contribution in [0.5, 0.6) is 0 Å². The molecular weight excluding hydrogens is 300 g/mol. The molecule has 0 aliphatic heterocycles. The summed E-state index contributed by atoms with van der Waals surface area (Å²) in [4.78, 5) is 20.1. The van der Waals surface area contributed by atoms with E-state index in [4.69, 9.17) is 0 Å². The van der Waals surface area contributed by atoms with Gasteiger partial charge in [0.15, 0.2) is 0 Å². The molecule has 0 spiro atoms. The Morgan fingerprint density at radius 3 is 2.54 bits per heavy atom. The summed E-state index contributed by atoms with van der Waals surface area (Å²) in [6.07, 6.45) is 1.85. The normalized spacial score (nSPS) is 10.9. The highest BCUT2D eigenvalue weighted by atomic mass is 16.1. The third-order valence-corrected chi connectivity index (χ3v) is 3.98. The van der Waals surface area contributed by atoms with Crippen LogP contribution in [0.25, 0.3) is 22.4 Å². The summed E-state index contributed by atoms with van der Waals surface area (Å²) in [6.45, 7) is 0. The van der Waals surface area contributed by atoms with E-state index in [2.05, 4.69) is 15.3 Å². The van der Waals surface area contributed by atoms with Crippen LogP contribution in [0.4, 0.5) is 5.69 Å². The van der Waals surface area contributed by atoms with Crippen LogP contribution < -0.4 is 5.32 Å². The molecule has 0 aliphatic carbocycles. The van der Waals surface area contributed by atoms with E-state index >= 15 is 0 Å². The number of aromatic nitrogens is 3. The van der Waals surface area contributed by atoms with Gasteiger partial charge in [-0.2, -0.15) is 0 Å². The van der Waals surface area contributed by atoms with Crippen molar-refractivity contribution >= 4 is 22.6 Å². The van der Waals surface area contributed by atoms with Crippen molar-refractivity contribution in [2.75, 3.05) is 5.32 Å². The van der Waals surface area contributed by atoms with E-state index in [0.717, 1.165) is 28.1 Å². The molecule has 0 fully saturated rings. The predicted molar refractivity (Wildman–Crippen MR) is 94.9 cm³/mol. The zero-order valence-corrected chi connectivity index (χ0v) is 13.2. The number of imidazole rings is 1. The van der Waals surface area contributed by atoms with Gasteiger partial charge in [-0.1, -0.05) is 12.1 Å². The lowest BCUT2D eigenvalue weighted by molar-refractivity contribution is 0.101. The van der Waals surface area contributed by atoms with Crippen LogP contribution in [0.3, 0.4) is 0 Å². The quantitative estimate of drug-likeness (QED) is 0.603. The molecule has 2 aromatic carbocycles. The number of para-hydroxylation sites is 2. The summed E-state index contributed by atoms with van der Waals surface area (Å²) in [7, 11) is 1.85. The average molecular weight is 316 g/mol. The van der Waals surface area contributed by atoms with Gasteiger partial charge in [-0.3, -0.25) is 4.79 Å². The van der Waals surface area contributed by atoms with E-state index in [9.17, 15) is 4.79 Å². The maximum Gasteiger partial charge on any atom is 0.272 e. The number of rotatable bonds is 3. The number of nitrogens with one attached hydrogen (secondary N) is 2. The Bertz CT molecular complexity index is 978. The number of anilines is 1. The standard InChI is InChI=1S/C19H16N4O/c1-23-12-4-7-17(23)19(24)20-14-10-8-13(9-11-14)18-21-15-5-2-3-6-16(15)22-18/h2-12H,1H3,(H,20,24)(H,21,22). The molecule has 0 bridgehead atoms. The number of hydrogen-bond acceptors (Lipinski definition) is 2. The number of carbonyl (C=O) groups is 1. The second kappa shape index (κ2) is 5.70. The van der Waals surface area contributed by atoms with Crippen molar-refractivity contribution in [3.8, 4) is 11.4 Å². The zero-order chi connectivity index (χ0) is 16.5. The fourth-order valence-electron chi connectivity index (χ4n) is 2.69. The van der Waals surface area contributed by atoms with Gasteiger partial charge in [0.2, 0.25) is 0 Å². The van der Waals surface area contributed by atoms with Crippen molar-refractivity contribution < 1.29 is 4.79 Å². The Hall–Kier alpha value is -3.34. The number of amides is 1. The van der Waals surface area contributed by atoms with Gasteiger partial charge >= 0.3 is 0 Å². The van der Waals surface area contributed by atoms with Crippen LogP contribution in [0.2, 0.25) is 0 Å². The Labute approximate surface area is 139 Å². The van der Waals surface area contributed by atoms with E-state index in [0.29, 0.717) is 5.69 Å². The van der Waals surface area contributed by atoms with Crippen molar-refractivity contribution in [2.24, 2.45) is 7.05 Å². The van der Waals surface area contributed by atoms with E-state index < -0.39 is 0 Å². The molecule has 2 N–H and O–H groups in total. The Morgan fingerprint density at radius 1 is 1.04 bits per heavy atom. The van der Waals surface area contributed by atoms with Crippen molar-refractivity contribution in [2.45, 2.75) is 0 Å². The summed E-state index contributed by atoms with van der Waals surface area (Å²) >= 11 is 0. The molecule has 0 aliphatic rings. The molecule has 2 heterocycles. The van der Waals surface area contributed by atoms with Crippen molar-refractivity contribution in [1.29, 1.82) is 0 Å². The summed E-state index contributed by atoms with van der Waals surface area (Å²) in [5.74, 6) is 0.690. The summed E-state index contributed by atoms with van der Waals surface area (Å²) in [5, 5.41) is 2.90. The number of carbonyl (C=O) groups excluding carboxylic acids is 1. The zero-order valence-electron chi connectivity index (χ0n) is 13.2. The predicted octanol–water partition coefficient (Wildman–Crippen LogP) is 3.82. The Balaban J connectivity index is 1.56. The molecule has 4 aromatic rings. The molecule has 4 rings (SSSR count). The van der Waals surface area contributed by atoms with Crippen LogP contribution in [-0.2, 0) is 7.05 Å².